The zero-order chi connectivity index (χ0) is 15.3. The van der Waals surface area contributed by atoms with Crippen LogP contribution in [0.25, 0.3) is 0 Å². The maximum absolute atomic E-state index is 11.6. The van der Waals surface area contributed by atoms with E-state index in [0.29, 0.717) is 0 Å². The summed E-state index contributed by atoms with van der Waals surface area (Å²) in [5.41, 5.74) is -0.297. The highest BCUT2D eigenvalue weighted by atomic mass is 32.2. The fourth-order valence-electron chi connectivity index (χ4n) is 1.11. The Labute approximate surface area is 113 Å². The van der Waals surface area contributed by atoms with E-state index >= 15 is 0 Å². The van der Waals surface area contributed by atoms with Crippen molar-refractivity contribution >= 4 is 27.6 Å². The number of esters is 1. The molecule has 1 rings (SSSR count). The van der Waals surface area contributed by atoms with Crippen LogP contribution in [0.4, 0.5) is 5.69 Å². The van der Waals surface area contributed by atoms with Crippen LogP contribution in [0.15, 0.2) is 29.2 Å². The molecule has 0 spiro atoms. The van der Waals surface area contributed by atoms with E-state index in [4.69, 9.17) is 0 Å². The van der Waals surface area contributed by atoms with Crippen molar-refractivity contribution in [1.29, 1.82) is 0 Å². The molecule has 0 fully saturated rings. The van der Waals surface area contributed by atoms with E-state index in [0.717, 1.165) is 31.4 Å². The van der Waals surface area contributed by atoms with Gasteiger partial charge in [0.05, 0.1) is 16.9 Å². The van der Waals surface area contributed by atoms with Gasteiger partial charge in [0.1, 0.15) is 6.61 Å². The van der Waals surface area contributed by atoms with Gasteiger partial charge in [-0.25, -0.2) is 4.79 Å². The summed E-state index contributed by atoms with van der Waals surface area (Å²) in [5, 5.41) is 10.4. The van der Waals surface area contributed by atoms with Gasteiger partial charge in [-0.3, -0.25) is 19.1 Å². The third-order valence-electron chi connectivity index (χ3n) is 2.09. The lowest BCUT2D eigenvalue weighted by molar-refractivity contribution is -0.384. The largest absolute Gasteiger partial charge is 0.463 e. The van der Waals surface area contributed by atoms with Crippen LogP contribution in [0, 0.1) is 10.1 Å². The Morgan fingerprint density at radius 1 is 1.25 bits per heavy atom. The first-order chi connectivity index (χ1) is 9.27. The van der Waals surface area contributed by atoms with E-state index in [-0.39, 0.29) is 10.6 Å². The van der Waals surface area contributed by atoms with Gasteiger partial charge in [0.2, 0.25) is 0 Å². The molecule has 0 aliphatic heterocycles. The number of methoxy groups -OCH3 is 1. The van der Waals surface area contributed by atoms with Crippen LogP contribution >= 0.6 is 0 Å². The van der Waals surface area contributed by atoms with Crippen molar-refractivity contribution < 1.29 is 31.9 Å². The summed E-state index contributed by atoms with van der Waals surface area (Å²) in [6, 6.07) is 3.85. The number of benzene rings is 1. The second kappa shape index (κ2) is 6.21. The van der Waals surface area contributed by atoms with Crippen molar-refractivity contribution in [2.75, 3.05) is 13.7 Å². The van der Waals surface area contributed by atoms with E-state index in [1.807, 2.05) is 0 Å². The average molecular weight is 303 g/mol. The van der Waals surface area contributed by atoms with Crippen molar-refractivity contribution in [1.82, 2.24) is 0 Å². The van der Waals surface area contributed by atoms with Crippen LogP contribution in [0.5, 0.6) is 0 Å². The first-order valence-electron chi connectivity index (χ1n) is 5.03. The number of nitrogens with zero attached hydrogens (tertiary/aromatic N) is 1. The van der Waals surface area contributed by atoms with Gasteiger partial charge in [0.25, 0.3) is 21.6 Å². The molecule has 9 nitrogen and oxygen atoms in total. The second-order valence-corrected chi connectivity index (χ2v) is 5.00. The topological polar surface area (TPSA) is 130 Å². The SMILES string of the molecule is COC(=O)C(=O)COS(=O)(=O)c1ccc([N+](=O)[O-])cc1. The molecular weight excluding hydrogens is 294 g/mol. The summed E-state index contributed by atoms with van der Waals surface area (Å²) in [6.45, 7) is -1.01. The number of non-ortho nitro benzene ring substituents is 1. The molecule has 0 saturated carbocycles. The number of ketones is 1. The first kappa shape index (κ1) is 15.7. The molecule has 0 saturated heterocycles. The predicted molar refractivity (Wildman–Crippen MR) is 63.3 cm³/mol. The summed E-state index contributed by atoms with van der Waals surface area (Å²) in [6.07, 6.45) is 0. The summed E-state index contributed by atoms with van der Waals surface area (Å²) in [7, 11) is -3.33. The molecule has 0 N–H and O–H groups in total. The molecule has 10 heteroatoms. The highest BCUT2D eigenvalue weighted by Gasteiger charge is 2.21. The Kier molecular flexibility index (Phi) is 4.88. The van der Waals surface area contributed by atoms with Gasteiger partial charge in [-0.05, 0) is 12.1 Å². The van der Waals surface area contributed by atoms with Crippen LogP contribution in [0.2, 0.25) is 0 Å². The summed E-state index contributed by atoms with van der Waals surface area (Å²) in [5.74, 6) is -2.40. The number of nitro groups is 1. The minimum Gasteiger partial charge on any atom is -0.463 e. The van der Waals surface area contributed by atoms with Crippen LogP contribution in [0.3, 0.4) is 0 Å². The molecule has 108 valence electrons. The molecular formula is C10H9NO8S. The molecule has 1 aromatic carbocycles. The van der Waals surface area contributed by atoms with Crippen molar-refractivity contribution in [3.63, 3.8) is 0 Å². The number of rotatable bonds is 6. The zero-order valence-electron chi connectivity index (χ0n) is 10.1. The molecule has 20 heavy (non-hydrogen) atoms. The first-order valence-corrected chi connectivity index (χ1v) is 6.44. The monoisotopic (exact) mass is 303 g/mol. The molecule has 0 aliphatic rings. The summed E-state index contributed by atoms with van der Waals surface area (Å²) in [4.78, 5) is 31.1. The van der Waals surface area contributed by atoms with Crippen LogP contribution < -0.4 is 0 Å². The number of ether oxygens (including phenoxy) is 1. The van der Waals surface area contributed by atoms with E-state index in [1.54, 1.807) is 0 Å². The number of nitro benzene ring substituents is 1. The highest BCUT2D eigenvalue weighted by Crippen LogP contribution is 2.17. The van der Waals surface area contributed by atoms with Gasteiger partial charge in [-0.2, -0.15) is 8.42 Å². The lowest BCUT2D eigenvalue weighted by Gasteiger charge is -2.04. The summed E-state index contributed by atoms with van der Waals surface area (Å²) >= 11 is 0. The molecule has 0 amide bonds. The van der Waals surface area contributed by atoms with Crippen molar-refractivity contribution in [3.8, 4) is 0 Å². The second-order valence-electron chi connectivity index (χ2n) is 3.38. The normalized spacial score (nSPS) is 10.8. The maximum Gasteiger partial charge on any atom is 0.376 e. The Morgan fingerprint density at radius 2 is 1.80 bits per heavy atom. The van der Waals surface area contributed by atoms with E-state index in [9.17, 15) is 28.1 Å². The highest BCUT2D eigenvalue weighted by molar-refractivity contribution is 7.86. The maximum atomic E-state index is 11.6. The van der Waals surface area contributed by atoms with Gasteiger partial charge in [-0.15, -0.1) is 0 Å². The molecule has 0 aliphatic carbocycles. The van der Waals surface area contributed by atoms with E-state index < -0.39 is 33.4 Å². The van der Waals surface area contributed by atoms with Crippen LogP contribution in [0.1, 0.15) is 0 Å². The van der Waals surface area contributed by atoms with Gasteiger partial charge >= 0.3 is 5.97 Å². The minimum atomic E-state index is -4.29. The van der Waals surface area contributed by atoms with Crippen molar-refractivity contribution in [3.05, 3.63) is 34.4 Å². The average Bonchev–Trinajstić information content (AvgIpc) is 2.44. The Hall–Kier alpha value is -2.33. The summed E-state index contributed by atoms with van der Waals surface area (Å²) < 4.78 is 31.7. The van der Waals surface area contributed by atoms with Gasteiger partial charge in [0, 0.05) is 12.1 Å². The third-order valence-corrected chi connectivity index (χ3v) is 3.37. The van der Waals surface area contributed by atoms with E-state index in [1.165, 1.54) is 0 Å². The van der Waals surface area contributed by atoms with Gasteiger partial charge < -0.3 is 4.74 Å². The number of hydrogen-bond donors (Lipinski definition) is 0. The molecule has 0 bridgehead atoms. The Balaban J connectivity index is 2.81. The molecule has 0 aromatic heterocycles. The molecule has 0 unspecified atom stereocenters. The van der Waals surface area contributed by atoms with Crippen LogP contribution in [-0.2, 0) is 28.6 Å². The number of hydrogen-bond acceptors (Lipinski definition) is 8. The van der Waals surface area contributed by atoms with Gasteiger partial charge in [-0.1, -0.05) is 0 Å². The van der Waals surface area contributed by atoms with Crippen LogP contribution in [-0.4, -0.2) is 38.8 Å². The lowest BCUT2D eigenvalue weighted by Crippen LogP contribution is -2.23. The fraction of sp³-hybridized carbons (Fsp3) is 0.200. The van der Waals surface area contributed by atoms with Crippen molar-refractivity contribution in [2.45, 2.75) is 4.90 Å². The quantitative estimate of drug-likeness (QED) is 0.237. The fourth-order valence-corrected chi connectivity index (χ4v) is 1.97. The smallest absolute Gasteiger partial charge is 0.376 e. The third kappa shape index (κ3) is 3.83. The van der Waals surface area contributed by atoms with E-state index in [2.05, 4.69) is 8.92 Å². The van der Waals surface area contributed by atoms with Crippen molar-refractivity contribution in [2.24, 2.45) is 0 Å². The lowest BCUT2D eigenvalue weighted by atomic mass is 10.3. The number of Topliss-reactive ketones (excluding diaryl/α,β-unsaturated/α-hetero) is 1. The minimum absolute atomic E-state index is 0.297. The zero-order valence-corrected chi connectivity index (χ0v) is 11.0. The van der Waals surface area contributed by atoms with Gasteiger partial charge in [0.15, 0.2) is 0 Å². The molecule has 0 heterocycles. The Bertz CT molecular complexity index is 634. The standard InChI is InChI=1S/C10H9NO8S/c1-18-10(13)9(12)6-19-20(16,17)8-4-2-7(3-5-8)11(14)15/h2-5H,6H2,1H3. The number of carbonyl (C=O) groups is 2. The number of carbonyl (C=O) groups excluding carboxylic acids is 2. The molecule has 0 radical (unpaired) electrons. The Morgan fingerprint density at radius 3 is 2.25 bits per heavy atom. The predicted octanol–water partition coefficient (Wildman–Crippen LogP) is 0.0422. The molecule has 1 aromatic rings. The molecule has 0 atom stereocenters.